The Labute approximate surface area is 137 Å². The normalized spacial score (nSPS) is 10.3. The molecule has 0 spiro atoms. The molecule has 2 aromatic carbocycles. The summed E-state index contributed by atoms with van der Waals surface area (Å²) >= 11 is 6.10. The molecule has 2 N–H and O–H groups in total. The molecule has 0 aliphatic carbocycles. The number of nitrogens with zero attached hydrogens (tertiary/aromatic N) is 2. The van der Waals surface area contributed by atoms with E-state index < -0.39 is 6.03 Å². The Bertz CT molecular complexity index is 834. The number of hydrogen-bond donors (Lipinski definition) is 2. The molecule has 23 heavy (non-hydrogen) atoms. The highest BCUT2D eigenvalue weighted by Crippen LogP contribution is 2.24. The van der Waals surface area contributed by atoms with Gasteiger partial charge in [0.05, 0.1) is 10.7 Å². The first-order valence-corrected chi connectivity index (χ1v) is 7.20. The highest BCUT2D eigenvalue weighted by molar-refractivity contribution is 6.33. The van der Waals surface area contributed by atoms with Gasteiger partial charge in [-0.3, -0.25) is 0 Å². The first-order valence-electron chi connectivity index (χ1n) is 6.82. The first kappa shape index (κ1) is 15.1. The summed E-state index contributed by atoms with van der Waals surface area (Å²) in [6.45, 7) is 1.93. The Morgan fingerprint density at radius 1 is 1.17 bits per heavy atom. The van der Waals surface area contributed by atoms with Crippen LogP contribution in [0.25, 0.3) is 11.5 Å². The summed E-state index contributed by atoms with van der Waals surface area (Å²) < 4.78 is 5.13. The van der Waals surface area contributed by atoms with Crippen LogP contribution in [0.15, 0.2) is 53.3 Å². The fraction of sp³-hybridized carbons (Fsp3) is 0.0625. The maximum atomic E-state index is 12.1. The van der Waals surface area contributed by atoms with Crippen molar-refractivity contribution in [2.24, 2.45) is 0 Å². The molecule has 6 nitrogen and oxygen atoms in total. The van der Waals surface area contributed by atoms with Crippen molar-refractivity contribution in [3.63, 3.8) is 0 Å². The zero-order valence-corrected chi connectivity index (χ0v) is 13.0. The SMILES string of the molecule is Cc1ccc(NC(=O)Nc2cccc(-c3nnco3)c2)c(Cl)c1. The van der Waals surface area contributed by atoms with Crippen LogP contribution in [0.3, 0.4) is 0 Å². The molecule has 1 heterocycles. The number of carbonyl (C=O) groups is 1. The lowest BCUT2D eigenvalue weighted by atomic mass is 10.2. The monoisotopic (exact) mass is 328 g/mol. The topological polar surface area (TPSA) is 80.0 Å². The smallest absolute Gasteiger partial charge is 0.323 e. The Kier molecular flexibility index (Phi) is 4.25. The van der Waals surface area contributed by atoms with Crippen LogP contribution in [0.2, 0.25) is 5.02 Å². The van der Waals surface area contributed by atoms with Crippen molar-refractivity contribution in [1.82, 2.24) is 10.2 Å². The third kappa shape index (κ3) is 3.67. The van der Waals surface area contributed by atoms with Crippen molar-refractivity contribution in [3.8, 4) is 11.5 Å². The summed E-state index contributed by atoms with van der Waals surface area (Å²) in [4.78, 5) is 12.1. The fourth-order valence-corrected chi connectivity index (χ4v) is 2.32. The van der Waals surface area contributed by atoms with Gasteiger partial charge in [0.15, 0.2) is 0 Å². The zero-order chi connectivity index (χ0) is 16.2. The van der Waals surface area contributed by atoms with Crippen molar-refractivity contribution in [3.05, 3.63) is 59.4 Å². The van der Waals surface area contributed by atoms with E-state index in [0.29, 0.717) is 27.9 Å². The molecule has 1 aromatic heterocycles. The molecule has 0 aliphatic heterocycles. The van der Waals surface area contributed by atoms with Crippen LogP contribution in [0.5, 0.6) is 0 Å². The lowest BCUT2D eigenvalue weighted by Crippen LogP contribution is -2.19. The molecule has 0 atom stereocenters. The van der Waals surface area contributed by atoms with E-state index >= 15 is 0 Å². The molecule has 2 amide bonds. The van der Waals surface area contributed by atoms with Gasteiger partial charge in [-0.25, -0.2) is 4.79 Å². The van der Waals surface area contributed by atoms with Gasteiger partial charge in [-0.15, -0.1) is 10.2 Å². The largest absolute Gasteiger partial charge is 0.423 e. The van der Waals surface area contributed by atoms with Gasteiger partial charge in [0.2, 0.25) is 12.3 Å². The number of carbonyl (C=O) groups excluding carboxylic acids is 1. The molecule has 116 valence electrons. The van der Waals surface area contributed by atoms with Gasteiger partial charge < -0.3 is 15.1 Å². The predicted octanol–water partition coefficient (Wildman–Crippen LogP) is 4.34. The number of hydrogen-bond acceptors (Lipinski definition) is 4. The molecule has 7 heteroatoms. The third-order valence-corrected chi connectivity index (χ3v) is 3.41. The quantitative estimate of drug-likeness (QED) is 0.749. The minimum atomic E-state index is -0.390. The van der Waals surface area contributed by atoms with Crippen LogP contribution >= 0.6 is 11.6 Å². The van der Waals surface area contributed by atoms with Gasteiger partial charge in [-0.05, 0) is 42.8 Å². The van der Waals surface area contributed by atoms with E-state index in [2.05, 4.69) is 20.8 Å². The molecule has 0 bridgehead atoms. The summed E-state index contributed by atoms with van der Waals surface area (Å²) in [5.74, 6) is 0.385. The predicted molar refractivity (Wildman–Crippen MR) is 88.6 cm³/mol. The van der Waals surface area contributed by atoms with E-state index in [1.54, 1.807) is 30.3 Å². The van der Waals surface area contributed by atoms with Gasteiger partial charge in [0, 0.05) is 11.3 Å². The van der Waals surface area contributed by atoms with E-state index in [1.165, 1.54) is 6.39 Å². The number of benzene rings is 2. The molecule has 0 unspecified atom stereocenters. The summed E-state index contributed by atoms with van der Waals surface area (Å²) in [5.41, 5.74) is 2.88. The molecule has 3 rings (SSSR count). The van der Waals surface area contributed by atoms with Gasteiger partial charge in [0.25, 0.3) is 0 Å². The Hall–Kier alpha value is -2.86. The molecule has 0 saturated heterocycles. The van der Waals surface area contributed by atoms with E-state index in [9.17, 15) is 4.79 Å². The van der Waals surface area contributed by atoms with Crippen molar-refractivity contribution in [2.45, 2.75) is 6.92 Å². The first-order chi connectivity index (χ1) is 11.1. The highest BCUT2D eigenvalue weighted by atomic mass is 35.5. The van der Waals surface area contributed by atoms with Gasteiger partial charge in [-0.1, -0.05) is 23.7 Å². The molecule has 3 aromatic rings. The van der Waals surface area contributed by atoms with Gasteiger partial charge in [0.1, 0.15) is 0 Å². The van der Waals surface area contributed by atoms with Crippen LogP contribution in [0.1, 0.15) is 5.56 Å². The van der Waals surface area contributed by atoms with Crippen LogP contribution in [0.4, 0.5) is 16.2 Å². The summed E-state index contributed by atoms with van der Waals surface area (Å²) in [6, 6.07) is 12.1. The van der Waals surface area contributed by atoms with E-state index in [0.717, 1.165) is 5.56 Å². The Balaban J connectivity index is 1.72. The number of anilines is 2. The van der Waals surface area contributed by atoms with E-state index in [-0.39, 0.29) is 0 Å². The number of urea groups is 1. The number of rotatable bonds is 3. The van der Waals surface area contributed by atoms with Crippen LogP contribution in [-0.4, -0.2) is 16.2 Å². The van der Waals surface area contributed by atoms with E-state index in [1.807, 2.05) is 19.1 Å². The fourth-order valence-electron chi connectivity index (χ4n) is 2.03. The molecule has 0 fully saturated rings. The van der Waals surface area contributed by atoms with Gasteiger partial charge >= 0.3 is 6.03 Å². The molecular formula is C16H13ClN4O2. The lowest BCUT2D eigenvalue weighted by molar-refractivity contribution is 0.262. The third-order valence-electron chi connectivity index (χ3n) is 3.10. The molecular weight excluding hydrogens is 316 g/mol. The summed E-state index contributed by atoms with van der Waals surface area (Å²) in [7, 11) is 0. The van der Waals surface area contributed by atoms with Crippen molar-refractivity contribution < 1.29 is 9.21 Å². The molecule has 0 radical (unpaired) electrons. The lowest BCUT2D eigenvalue weighted by Gasteiger charge is -2.10. The number of nitrogens with one attached hydrogen (secondary N) is 2. The van der Waals surface area contributed by atoms with Crippen molar-refractivity contribution in [1.29, 1.82) is 0 Å². The number of halogens is 1. The summed E-state index contributed by atoms with van der Waals surface area (Å²) in [5, 5.41) is 13.4. The second-order valence-electron chi connectivity index (χ2n) is 4.89. The molecule has 0 aliphatic rings. The standard InChI is InChI=1S/C16H13ClN4O2/c1-10-5-6-14(13(17)7-10)20-16(22)19-12-4-2-3-11(8-12)15-21-18-9-23-15/h2-9H,1H3,(H2,19,20,22). The van der Waals surface area contributed by atoms with Gasteiger partial charge in [-0.2, -0.15) is 0 Å². The second kappa shape index (κ2) is 6.50. The number of aromatic nitrogens is 2. The minimum absolute atomic E-state index is 0.385. The maximum Gasteiger partial charge on any atom is 0.323 e. The van der Waals surface area contributed by atoms with Crippen molar-refractivity contribution in [2.75, 3.05) is 10.6 Å². The Morgan fingerprint density at radius 3 is 2.78 bits per heavy atom. The minimum Gasteiger partial charge on any atom is -0.423 e. The maximum absolute atomic E-state index is 12.1. The summed E-state index contributed by atoms with van der Waals surface area (Å²) in [6.07, 6.45) is 1.25. The zero-order valence-electron chi connectivity index (χ0n) is 12.2. The van der Waals surface area contributed by atoms with E-state index in [4.69, 9.17) is 16.0 Å². The van der Waals surface area contributed by atoms with Crippen LogP contribution in [0, 0.1) is 6.92 Å². The van der Waals surface area contributed by atoms with Crippen molar-refractivity contribution >= 4 is 29.0 Å². The number of amides is 2. The second-order valence-corrected chi connectivity index (χ2v) is 5.29. The van der Waals surface area contributed by atoms with Crippen LogP contribution in [-0.2, 0) is 0 Å². The molecule has 0 saturated carbocycles. The van der Waals surface area contributed by atoms with Crippen LogP contribution < -0.4 is 10.6 Å². The Morgan fingerprint density at radius 2 is 2.04 bits per heavy atom. The average Bonchev–Trinajstić information content (AvgIpc) is 3.05. The number of aryl methyl sites for hydroxylation is 1. The highest BCUT2D eigenvalue weighted by Gasteiger charge is 2.08. The average molecular weight is 329 g/mol.